The number of phenols is 1. The summed E-state index contributed by atoms with van der Waals surface area (Å²) in [5, 5.41) is 14.5. The van der Waals surface area contributed by atoms with E-state index in [1.807, 2.05) is 0 Å². The van der Waals surface area contributed by atoms with Crippen molar-refractivity contribution in [2.45, 2.75) is 84.6 Å². The van der Waals surface area contributed by atoms with Crippen molar-refractivity contribution in [2.24, 2.45) is 0 Å². The Morgan fingerprint density at radius 3 is 1.82 bits per heavy atom. The third-order valence-corrected chi connectivity index (χ3v) is 5.56. The van der Waals surface area contributed by atoms with Gasteiger partial charge in [0.15, 0.2) is 0 Å². The van der Waals surface area contributed by atoms with Crippen LogP contribution < -0.4 is 5.32 Å². The van der Waals surface area contributed by atoms with E-state index < -0.39 is 0 Å². The number of benzene rings is 1. The molecule has 1 fully saturated rings. The second kappa shape index (κ2) is 11.1. The topological polar surface area (TPSA) is 35.5 Å². The summed E-state index contributed by atoms with van der Waals surface area (Å²) in [7, 11) is 0. The maximum Gasteiger partial charge on any atom is 0.123 e. The van der Waals surface area contributed by atoms with E-state index in [2.05, 4.69) is 70.8 Å². The van der Waals surface area contributed by atoms with E-state index in [4.69, 9.17) is 0 Å². The van der Waals surface area contributed by atoms with Crippen LogP contribution in [0, 0.1) is 0 Å². The van der Waals surface area contributed by atoms with Gasteiger partial charge < -0.3 is 10.4 Å². The molecule has 1 aromatic carbocycles. The molecule has 0 aromatic heterocycles. The Morgan fingerprint density at radius 1 is 0.964 bits per heavy atom. The summed E-state index contributed by atoms with van der Waals surface area (Å²) < 4.78 is 0. The van der Waals surface area contributed by atoms with Gasteiger partial charge >= 0.3 is 0 Å². The van der Waals surface area contributed by atoms with Gasteiger partial charge in [-0.3, -0.25) is 4.90 Å². The van der Waals surface area contributed by atoms with E-state index in [0.717, 1.165) is 37.3 Å². The molecule has 28 heavy (non-hydrogen) atoms. The summed E-state index contributed by atoms with van der Waals surface area (Å²) in [4.78, 5) is 2.64. The van der Waals surface area contributed by atoms with Crippen molar-refractivity contribution < 1.29 is 5.11 Å². The Bertz CT molecular complexity index is 565. The highest BCUT2D eigenvalue weighted by Crippen LogP contribution is 2.42. The van der Waals surface area contributed by atoms with E-state index in [1.54, 1.807) is 0 Å². The molecular weight excluding hydrogens is 391 g/mol. The van der Waals surface area contributed by atoms with Crippen LogP contribution >= 0.6 is 24.8 Å². The molecule has 1 aliphatic rings. The van der Waals surface area contributed by atoms with Crippen molar-refractivity contribution >= 4 is 24.8 Å². The minimum Gasteiger partial charge on any atom is -0.507 e. The summed E-state index contributed by atoms with van der Waals surface area (Å²) in [6.07, 6.45) is 3.65. The second-order valence-electron chi connectivity index (χ2n) is 9.91. The smallest absolute Gasteiger partial charge is 0.123 e. The quantitative estimate of drug-likeness (QED) is 0.601. The van der Waals surface area contributed by atoms with Crippen LogP contribution in [0.3, 0.4) is 0 Å². The molecular formula is C23H42Cl2N2O. The van der Waals surface area contributed by atoms with Crippen molar-refractivity contribution in [3.05, 3.63) is 28.8 Å². The number of nitrogens with zero attached hydrogens (tertiary/aromatic N) is 1. The number of aromatic hydroxyl groups is 1. The van der Waals surface area contributed by atoms with Gasteiger partial charge in [0.1, 0.15) is 5.75 Å². The van der Waals surface area contributed by atoms with Crippen molar-refractivity contribution in [3.8, 4) is 5.75 Å². The predicted molar refractivity (Wildman–Crippen MR) is 127 cm³/mol. The first-order chi connectivity index (χ1) is 12.1. The molecule has 1 heterocycles. The monoisotopic (exact) mass is 432 g/mol. The average Bonchev–Trinajstić information content (AvgIpc) is 2.55. The van der Waals surface area contributed by atoms with Gasteiger partial charge in [0.2, 0.25) is 0 Å². The third-order valence-electron chi connectivity index (χ3n) is 5.56. The van der Waals surface area contributed by atoms with Crippen LogP contribution in [-0.2, 0) is 10.8 Å². The minimum absolute atomic E-state index is 0. The molecule has 1 aliphatic heterocycles. The highest BCUT2D eigenvalue weighted by Gasteiger charge is 2.30. The molecule has 3 nitrogen and oxygen atoms in total. The average molecular weight is 434 g/mol. The molecule has 2 N–H and O–H groups in total. The molecule has 0 unspecified atom stereocenters. The van der Waals surface area contributed by atoms with Crippen molar-refractivity contribution in [2.75, 3.05) is 26.2 Å². The normalized spacial score (nSPS) is 16.8. The van der Waals surface area contributed by atoms with Gasteiger partial charge in [0.05, 0.1) is 0 Å². The molecule has 0 spiro atoms. The fraction of sp³-hybridized carbons (Fsp3) is 0.739. The molecule has 1 aromatic rings. The highest BCUT2D eigenvalue weighted by molar-refractivity contribution is 5.85. The molecule has 0 saturated carbocycles. The largest absolute Gasteiger partial charge is 0.507 e. The van der Waals surface area contributed by atoms with E-state index >= 15 is 0 Å². The molecule has 0 radical (unpaired) electrons. The highest BCUT2D eigenvalue weighted by atomic mass is 35.5. The molecule has 5 heteroatoms. The zero-order valence-corrected chi connectivity index (χ0v) is 20.5. The van der Waals surface area contributed by atoms with Crippen molar-refractivity contribution in [1.29, 1.82) is 0 Å². The first-order valence-corrected chi connectivity index (χ1v) is 10.4. The van der Waals surface area contributed by atoms with Crippen molar-refractivity contribution in [3.63, 3.8) is 0 Å². The molecule has 1 atom stereocenters. The molecule has 0 amide bonds. The second-order valence-corrected chi connectivity index (χ2v) is 9.91. The third kappa shape index (κ3) is 6.79. The van der Waals surface area contributed by atoms with Gasteiger partial charge in [0.25, 0.3) is 0 Å². The molecule has 0 aliphatic carbocycles. The summed E-state index contributed by atoms with van der Waals surface area (Å²) in [6.45, 7) is 19.8. The molecule has 2 rings (SSSR count). The summed E-state index contributed by atoms with van der Waals surface area (Å²) in [6, 6.07) is 5.01. The number of hydrogen-bond donors (Lipinski definition) is 2. The number of rotatable bonds is 5. The predicted octanol–water partition coefficient (Wildman–Crippen LogP) is 5.97. The number of halogens is 2. The fourth-order valence-corrected chi connectivity index (χ4v) is 3.94. The van der Waals surface area contributed by atoms with Crippen LogP contribution in [-0.4, -0.2) is 36.2 Å². The van der Waals surface area contributed by atoms with E-state index in [9.17, 15) is 5.11 Å². The van der Waals surface area contributed by atoms with E-state index in [-0.39, 0.29) is 35.6 Å². The molecule has 164 valence electrons. The SMILES string of the molecule is CCCC[C@@H](c1cc(C(C)(C)C)c(O)c(C(C)(C)C)c1)N1CCNCC1.Cl.Cl. The van der Waals surface area contributed by atoms with Gasteiger partial charge in [-0.05, 0) is 46.1 Å². The number of piperazine rings is 1. The first-order valence-electron chi connectivity index (χ1n) is 10.4. The van der Waals surface area contributed by atoms with Crippen LogP contribution in [0.2, 0.25) is 0 Å². The number of hydrogen-bond acceptors (Lipinski definition) is 3. The van der Waals surface area contributed by atoms with Crippen LogP contribution in [0.15, 0.2) is 12.1 Å². The van der Waals surface area contributed by atoms with Gasteiger partial charge in [-0.2, -0.15) is 0 Å². The van der Waals surface area contributed by atoms with Gasteiger partial charge in [0, 0.05) is 32.2 Å². The van der Waals surface area contributed by atoms with Gasteiger partial charge in [-0.25, -0.2) is 0 Å². The van der Waals surface area contributed by atoms with E-state index in [0.29, 0.717) is 11.8 Å². The summed E-state index contributed by atoms with van der Waals surface area (Å²) >= 11 is 0. The summed E-state index contributed by atoms with van der Waals surface area (Å²) in [5.74, 6) is 0.489. The first kappa shape index (κ1) is 27.5. The fourth-order valence-electron chi connectivity index (χ4n) is 3.94. The Kier molecular flexibility index (Phi) is 10.9. The maximum absolute atomic E-state index is 11.0. The zero-order chi connectivity index (χ0) is 19.5. The van der Waals surface area contributed by atoms with E-state index in [1.165, 1.54) is 24.8 Å². The Hall–Kier alpha value is -0.480. The lowest BCUT2D eigenvalue weighted by atomic mass is 9.77. The van der Waals surface area contributed by atoms with Gasteiger partial charge in [-0.1, -0.05) is 61.3 Å². The Balaban J connectivity index is 0.00000364. The standard InChI is InChI=1S/C23H40N2O.2ClH/c1-8-9-10-20(25-13-11-24-12-14-25)17-15-18(22(2,3)4)21(26)19(16-17)23(5,6)7;;/h15-16,20,24,26H,8-14H2,1-7H3;2*1H/t20-;;/m0../s1. The number of unbranched alkanes of at least 4 members (excludes halogenated alkanes) is 1. The van der Waals surface area contributed by atoms with Crippen LogP contribution in [0.4, 0.5) is 0 Å². The summed E-state index contributed by atoms with van der Waals surface area (Å²) in [5.41, 5.74) is 3.40. The molecule has 0 bridgehead atoms. The lowest BCUT2D eigenvalue weighted by Gasteiger charge is -2.37. The van der Waals surface area contributed by atoms with Gasteiger partial charge in [-0.15, -0.1) is 24.8 Å². The number of phenolic OH excluding ortho intramolecular Hbond substituents is 1. The number of nitrogens with one attached hydrogen (secondary N) is 1. The maximum atomic E-state index is 11.0. The van der Waals surface area contributed by atoms with Crippen molar-refractivity contribution in [1.82, 2.24) is 10.2 Å². The van der Waals surface area contributed by atoms with Crippen LogP contribution in [0.1, 0.15) is 90.5 Å². The minimum atomic E-state index is -0.0706. The molecule has 1 saturated heterocycles. The Morgan fingerprint density at radius 2 is 1.43 bits per heavy atom. The van der Waals surface area contributed by atoms with Crippen LogP contribution in [0.25, 0.3) is 0 Å². The lowest BCUT2D eigenvalue weighted by molar-refractivity contribution is 0.163. The lowest BCUT2D eigenvalue weighted by Crippen LogP contribution is -2.45. The Labute approximate surface area is 185 Å². The zero-order valence-electron chi connectivity index (χ0n) is 18.9. The van der Waals surface area contributed by atoms with Crippen LogP contribution in [0.5, 0.6) is 5.75 Å².